The minimum Gasteiger partial charge on any atom is -0.363 e. The van der Waals surface area contributed by atoms with Crippen molar-refractivity contribution < 1.29 is 13.3 Å². The van der Waals surface area contributed by atoms with Crippen LogP contribution in [0.2, 0.25) is 0 Å². The Bertz CT molecular complexity index is 619. The third-order valence-corrected chi connectivity index (χ3v) is 5.81. The number of nitro groups is 1. The van der Waals surface area contributed by atoms with Crippen LogP contribution in [0.25, 0.3) is 0 Å². The molecule has 7 nitrogen and oxygen atoms in total. The third-order valence-electron chi connectivity index (χ3n) is 3.10. The van der Waals surface area contributed by atoms with Gasteiger partial charge in [0.05, 0.1) is 20.4 Å². The number of hydrogen-bond donors (Lipinski definition) is 0. The number of pyridine rings is 1. The maximum atomic E-state index is 11.7. The van der Waals surface area contributed by atoms with E-state index in [9.17, 15) is 18.5 Å². The van der Waals surface area contributed by atoms with E-state index in [4.69, 9.17) is 0 Å². The highest BCUT2D eigenvalue weighted by Crippen LogP contribution is 2.36. The molecule has 0 N–H and O–H groups in total. The molecule has 0 spiro atoms. The van der Waals surface area contributed by atoms with Crippen molar-refractivity contribution in [3.8, 4) is 0 Å². The summed E-state index contributed by atoms with van der Waals surface area (Å²) >= 11 is 3.24. The van der Waals surface area contributed by atoms with Gasteiger partial charge in [-0.2, -0.15) is 0 Å². The largest absolute Gasteiger partial charge is 0.363 e. The van der Waals surface area contributed by atoms with E-state index in [2.05, 4.69) is 20.9 Å². The molecule has 0 aromatic carbocycles. The highest BCUT2D eigenvalue weighted by Gasteiger charge is 2.33. The molecule has 0 saturated carbocycles. The van der Waals surface area contributed by atoms with Gasteiger partial charge in [0.25, 0.3) is 0 Å². The lowest BCUT2D eigenvalue weighted by atomic mass is 10.3. The lowest BCUT2D eigenvalue weighted by Crippen LogP contribution is -2.45. The summed E-state index contributed by atoms with van der Waals surface area (Å²) in [5.41, 5.74) is 0.266. The van der Waals surface area contributed by atoms with E-state index in [-0.39, 0.29) is 24.5 Å². The van der Waals surface area contributed by atoms with E-state index in [1.165, 1.54) is 12.4 Å². The molecule has 0 radical (unpaired) electrons. The van der Waals surface area contributed by atoms with Crippen molar-refractivity contribution >= 4 is 37.1 Å². The molecule has 9 heteroatoms. The first-order valence-electron chi connectivity index (χ1n) is 5.57. The Labute approximate surface area is 118 Å². The molecule has 0 amide bonds. The first kappa shape index (κ1) is 14.2. The summed E-state index contributed by atoms with van der Waals surface area (Å²) in [6, 6.07) is 0. The molecule has 1 aliphatic heterocycles. The fourth-order valence-electron chi connectivity index (χ4n) is 2.02. The molecule has 1 saturated heterocycles. The van der Waals surface area contributed by atoms with Crippen molar-refractivity contribution in [1.29, 1.82) is 0 Å². The van der Waals surface area contributed by atoms with Crippen LogP contribution in [0.5, 0.6) is 0 Å². The highest BCUT2D eigenvalue weighted by atomic mass is 79.9. The predicted molar refractivity (Wildman–Crippen MR) is 74.1 cm³/mol. The maximum Gasteiger partial charge on any atom is 0.311 e. The first-order chi connectivity index (χ1) is 8.83. The van der Waals surface area contributed by atoms with Crippen LogP contribution < -0.4 is 4.90 Å². The summed E-state index contributed by atoms with van der Waals surface area (Å²) in [6.45, 7) is 2.10. The fourth-order valence-corrected chi connectivity index (χ4v) is 3.88. The van der Waals surface area contributed by atoms with Gasteiger partial charge < -0.3 is 4.90 Å². The van der Waals surface area contributed by atoms with Gasteiger partial charge in [-0.25, -0.2) is 8.42 Å². The molecular weight excluding hydrogens is 338 g/mol. The zero-order chi connectivity index (χ0) is 14.2. The second-order valence-electron chi connectivity index (χ2n) is 4.37. The highest BCUT2D eigenvalue weighted by molar-refractivity contribution is 9.10. The van der Waals surface area contributed by atoms with Crippen LogP contribution in [0.15, 0.2) is 16.9 Å². The number of hydrogen-bond acceptors (Lipinski definition) is 6. The standard InChI is InChI=1S/C10H12BrN3O4S/c1-7-6-13(2-3-19(7,17)18)10-8(11)4-12-5-9(10)14(15)16/h4-5,7H,2-3,6H2,1H3. The Kier molecular flexibility index (Phi) is 3.77. The van der Waals surface area contributed by atoms with Gasteiger partial charge in [0.15, 0.2) is 9.84 Å². The summed E-state index contributed by atoms with van der Waals surface area (Å²) in [5.74, 6) is 0.0000831. The maximum absolute atomic E-state index is 11.7. The third kappa shape index (κ3) is 2.71. The van der Waals surface area contributed by atoms with Gasteiger partial charge in [-0.15, -0.1) is 0 Å². The Morgan fingerprint density at radius 1 is 1.53 bits per heavy atom. The Morgan fingerprint density at radius 2 is 2.21 bits per heavy atom. The molecule has 2 rings (SSSR count). The number of aromatic nitrogens is 1. The normalized spacial score (nSPS) is 22.2. The van der Waals surface area contributed by atoms with Crippen molar-refractivity contribution in [1.82, 2.24) is 4.98 Å². The van der Waals surface area contributed by atoms with Gasteiger partial charge in [-0.05, 0) is 22.9 Å². The summed E-state index contributed by atoms with van der Waals surface area (Å²) in [7, 11) is -3.09. The van der Waals surface area contributed by atoms with Gasteiger partial charge in [0.2, 0.25) is 0 Å². The number of rotatable bonds is 2. The topological polar surface area (TPSA) is 93.4 Å². The molecule has 1 aromatic rings. The van der Waals surface area contributed by atoms with E-state index in [0.29, 0.717) is 10.2 Å². The summed E-state index contributed by atoms with van der Waals surface area (Å²) in [4.78, 5) is 16.0. The van der Waals surface area contributed by atoms with Crippen LogP contribution in [0, 0.1) is 10.1 Å². The smallest absolute Gasteiger partial charge is 0.311 e. The van der Waals surface area contributed by atoms with Crippen molar-refractivity contribution in [2.24, 2.45) is 0 Å². The van der Waals surface area contributed by atoms with Crippen LogP contribution in [0.4, 0.5) is 11.4 Å². The van der Waals surface area contributed by atoms with Crippen molar-refractivity contribution in [3.05, 3.63) is 27.0 Å². The Hall–Kier alpha value is -1.22. The molecule has 1 fully saturated rings. The van der Waals surface area contributed by atoms with E-state index in [0.717, 1.165) is 0 Å². The molecule has 0 bridgehead atoms. The van der Waals surface area contributed by atoms with Gasteiger partial charge in [0.1, 0.15) is 11.9 Å². The van der Waals surface area contributed by atoms with E-state index < -0.39 is 20.0 Å². The Morgan fingerprint density at radius 3 is 2.79 bits per heavy atom. The van der Waals surface area contributed by atoms with Gasteiger partial charge in [0, 0.05) is 19.3 Å². The molecule has 1 unspecified atom stereocenters. The summed E-state index contributed by atoms with van der Waals surface area (Å²) in [6.07, 6.45) is 2.64. The van der Waals surface area contributed by atoms with E-state index in [1.807, 2.05) is 0 Å². The van der Waals surface area contributed by atoms with Crippen LogP contribution in [0.1, 0.15) is 6.92 Å². The molecule has 1 aliphatic rings. The Balaban J connectivity index is 2.41. The monoisotopic (exact) mass is 349 g/mol. The zero-order valence-electron chi connectivity index (χ0n) is 10.1. The quantitative estimate of drug-likeness (QED) is 0.591. The molecular formula is C10H12BrN3O4S. The number of nitrogens with zero attached hydrogens (tertiary/aromatic N) is 3. The average Bonchev–Trinajstić information content (AvgIpc) is 2.32. The van der Waals surface area contributed by atoms with Gasteiger partial charge in [-0.1, -0.05) is 0 Å². The number of sulfone groups is 1. The SMILES string of the molecule is CC1CN(c2c(Br)cncc2[N+](=O)[O-])CCS1(=O)=O. The molecule has 104 valence electrons. The van der Waals surface area contributed by atoms with Crippen molar-refractivity contribution in [2.45, 2.75) is 12.2 Å². The zero-order valence-corrected chi connectivity index (χ0v) is 12.5. The van der Waals surface area contributed by atoms with Crippen LogP contribution >= 0.6 is 15.9 Å². The molecule has 2 heterocycles. The lowest BCUT2D eigenvalue weighted by molar-refractivity contribution is -0.384. The second-order valence-corrected chi connectivity index (χ2v) is 7.76. The number of halogens is 1. The molecule has 19 heavy (non-hydrogen) atoms. The molecule has 1 atom stereocenters. The minimum absolute atomic E-state index is 0.0000831. The first-order valence-corrected chi connectivity index (χ1v) is 8.08. The van der Waals surface area contributed by atoms with Crippen molar-refractivity contribution in [2.75, 3.05) is 23.7 Å². The summed E-state index contributed by atoms with van der Waals surface area (Å²) in [5, 5.41) is 10.5. The van der Waals surface area contributed by atoms with Crippen LogP contribution in [-0.4, -0.2) is 42.4 Å². The van der Waals surface area contributed by atoms with E-state index >= 15 is 0 Å². The van der Waals surface area contributed by atoms with Crippen molar-refractivity contribution in [3.63, 3.8) is 0 Å². The molecule has 0 aliphatic carbocycles. The fraction of sp³-hybridized carbons (Fsp3) is 0.500. The lowest BCUT2D eigenvalue weighted by Gasteiger charge is -2.32. The van der Waals surface area contributed by atoms with Crippen LogP contribution in [-0.2, 0) is 9.84 Å². The molecule has 1 aromatic heterocycles. The minimum atomic E-state index is -3.09. The van der Waals surface area contributed by atoms with Gasteiger partial charge in [-0.3, -0.25) is 15.1 Å². The van der Waals surface area contributed by atoms with E-state index in [1.54, 1.807) is 11.8 Å². The van der Waals surface area contributed by atoms with Crippen LogP contribution in [0.3, 0.4) is 0 Å². The average molecular weight is 350 g/mol. The van der Waals surface area contributed by atoms with Gasteiger partial charge >= 0.3 is 5.69 Å². The number of anilines is 1. The summed E-state index contributed by atoms with van der Waals surface area (Å²) < 4.78 is 23.8. The predicted octanol–water partition coefficient (Wildman–Crippen LogP) is 1.38. The second kappa shape index (κ2) is 5.04.